The molecule has 0 aliphatic heterocycles. The molecule has 2 nitrogen and oxygen atoms in total. The summed E-state index contributed by atoms with van der Waals surface area (Å²) in [5.41, 5.74) is 5.70. The third-order valence-corrected chi connectivity index (χ3v) is 3.89. The number of H-pyrrole nitrogens is 1. The molecule has 1 aromatic carbocycles. The first-order chi connectivity index (χ1) is 9.66. The predicted octanol–water partition coefficient (Wildman–Crippen LogP) is 4.69. The van der Waals surface area contributed by atoms with Crippen molar-refractivity contribution in [2.24, 2.45) is 0 Å². The van der Waals surface area contributed by atoms with Gasteiger partial charge in [0.25, 0.3) is 0 Å². The normalized spacial score (nSPS) is 12.5. The summed E-state index contributed by atoms with van der Waals surface area (Å²) in [5, 5.41) is 1.23. The predicted molar refractivity (Wildman–Crippen MR) is 84.7 cm³/mol. The van der Waals surface area contributed by atoms with Gasteiger partial charge in [-0.3, -0.25) is 4.98 Å². The first-order valence-corrected chi connectivity index (χ1v) is 6.84. The minimum Gasteiger partial charge on any atom is -0.361 e. The van der Waals surface area contributed by atoms with Crippen LogP contribution in [0, 0.1) is 6.92 Å². The minimum atomic E-state index is 0.252. The Kier molecular flexibility index (Phi) is 3.15. The van der Waals surface area contributed by atoms with Crippen LogP contribution < -0.4 is 0 Å². The molecule has 2 aromatic heterocycles. The Bertz CT molecular complexity index is 750. The van der Waals surface area contributed by atoms with Crippen molar-refractivity contribution in [3.63, 3.8) is 0 Å². The highest BCUT2D eigenvalue weighted by atomic mass is 14.7. The molecule has 100 valence electrons. The average Bonchev–Trinajstić information content (AvgIpc) is 2.90. The van der Waals surface area contributed by atoms with E-state index in [9.17, 15) is 0 Å². The van der Waals surface area contributed by atoms with Gasteiger partial charge in [-0.1, -0.05) is 37.8 Å². The SMILES string of the molecule is C=C(c1c[nH]c2ccccc12)C(C)c1ccc(C)nc1. The summed E-state index contributed by atoms with van der Waals surface area (Å²) in [5.74, 6) is 0.252. The molecule has 1 N–H and O–H groups in total. The van der Waals surface area contributed by atoms with Gasteiger partial charge in [-0.25, -0.2) is 0 Å². The van der Waals surface area contributed by atoms with Crippen LogP contribution in [0.4, 0.5) is 0 Å². The molecule has 0 fully saturated rings. The minimum absolute atomic E-state index is 0.252. The van der Waals surface area contributed by atoms with E-state index in [2.05, 4.69) is 47.7 Å². The zero-order chi connectivity index (χ0) is 14.1. The van der Waals surface area contributed by atoms with E-state index in [0.717, 1.165) is 16.8 Å². The highest BCUT2D eigenvalue weighted by Crippen LogP contribution is 2.33. The zero-order valence-electron chi connectivity index (χ0n) is 11.9. The number of rotatable bonds is 3. The van der Waals surface area contributed by atoms with Gasteiger partial charge in [0.1, 0.15) is 0 Å². The standard InChI is InChI=1S/C18H18N2/c1-12-8-9-15(10-19-12)13(2)14(3)17-11-20-18-7-5-4-6-16(17)18/h4-11,13,20H,3H2,1-2H3. The molecule has 20 heavy (non-hydrogen) atoms. The van der Waals surface area contributed by atoms with E-state index in [1.165, 1.54) is 16.5 Å². The molecule has 3 rings (SSSR count). The lowest BCUT2D eigenvalue weighted by atomic mass is 9.90. The van der Waals surface area contributed by atoms with E-state index < -0.39 is 0 Å². The molecule has 0 bridgehead atoms. The monoisotopic (exact) mass is 262 g/mol. The first kappa shape index (κ1) is 12.7. The van der Waals surface area contributed by atoms with Gasteiger partial charge in [0.05, 0.1) is 0 Å². The number of aromatic nitrogens is 2. The van der Waals surface area contributed by atoms with Crippen molar-refractivity contribution in [1.29, 1.82) is 0 Å². The van der Waals surface area contributed by atoms with Crippen molar-refractivity contribution >= 4 is 16.5 Å². The number of allylic oxidation sites excluding steroid dienone is 1. The molecule has 0 saturated carbocycles. The summed E-state index contributed by atoms with van der Waals surface area (Å²) in [6.45, 7) is 8.48. The molecule has 1 atom stereocenters. The second kappa shape index (κ2) is 4.97. The number of nitrogens with one attached hydrogen (secondary N) is 1. The van der Waals surface area contributed by atoms with E-state index in [1.54, 1.807) is 0 Å². The molecule has 0 radical (unpaired) electrons. The fraction of sp³-hybridized carbons (Fsp3) is 0.167. The second-order valence-electron chi connectivity index (χ2n) is 5.23. The number of aryl methyl sites for hydroxylation is 1. The summed E-state index contributed by atoms with van der Waals surface area (Å²) < 4.78 is 0. The van der Waals surface area contributed by atoms with Crippen LogP contribution in [-0.2, 0) is 0 Å². The maximum atomic E-state index is 4.38. The third kappa shape index (κ3) is 2.14. The Balaban J connectivity index is 1.97. The molecule has 0 aliphatic carbocycles. The topological polar surface area (TPSA) is 28.7 Å². The number of fused-ring (bicyclic) bond motifs is 1. The van der Waals surface area contributed by atoms with Crippen molar-refractivity contribution < 1.29 is 0 Å². The number of hydrogen-bond acceptors (Lipinski definition) is 1. The van der Waals surface area contributed by atoms with Crippen molar-refractivity contribution in [2.75, 3.05) is 0 Å². The Morgan fingerprint density at radius 1 is 1.20 bits per heavy atom. The highest BCUT2D eigenvalue weighted by molar-refractivity contribution is 5.93. The van der Waals surface area contributed by atoms with Crippen LogP contribution in [0.3, 0.4) is 0 Å². The van der Waals surface area contributed by atoms with Gasteiger partial charge in [-0.05, 0) is 30.2 Å². The maximum Gasteiger partial charge on any atom is 0.0460 e. The van der Waals surface area contributed by atoms with Gasteiger partial charge in [-0.2, -0.15) is 0 Å². The maximum absolute atomic E-state index is 4.38. The number of aromatic amines is 1. The molecule has 0 aliphatic rings. The van der Waals surface area contributed by atoms with Crippen LogP contribution in [-0.4, -0.2) is 9.97 Å². The lowest BCUT2D eigenvalue weighted by Crippen LogP contribution is -1.97. The van der Waals surface area contributed by atoms with Crippen molar-refractivity contribution in [3.05, 3.63) is 72.2 Å². The Morgan fingerprint density at radius 2 is 2.00 bits per heavy atom. The van der Waals surface area contributed by atoms with Gasteiger partial charge in [0, 0.05) is 40.5 Å². The molecule has 2 heterocycles. The number of para-hydroxylation sites is 1. The summed E-state index contributed by atoms with van der Waals surface area (Å²) in [6.07, 6.45) is 3.99. The number of benzene rings is 1. The lowest BCUT2D eigenvalue weighted by molar-refractivity contribution is 0.970. The van der Waals surface area contributed by atoms with Crippen LogP contribution in [0.25, 0.3) is 16.5 Å². The highest BCUT2D eigenvalue weighted by Gasteiger charge is 2.14. The molecule has 0 spiro atoms. The Labute approximate surface area is 119 Å². The van der Waals surface area contributed by atoms with E-state index in [-0.39, 0.29) is 5.92 Å². The van der Waals surface area contributed by atoms with E-state index >= 15 is 0 Å². The van der Waals surface area contributed by atoms with Gasteiger partial charge in [0.15, 0.2) is 0 Å². The number of nitrogens with zero attached hydrogens (tertiary/aromatic N) is 1. The summed E-state index contributed by atoms with van der Waals surface area (Å²) in [7, 11) is 0. The first-order valence-electron chi connectivity index (χ1n) is 6.84. The molecule has 2 heteroatoms. The molecular weight excluding hydrogens is 244 g/mol. The zero-order valence-corrected chi connectivity index (χ0v) is 11.9. The van der Waals surface area contributed by atoms with Crippen LogP contribution >= 0.6 is 0 Å². The van der Waals surface area contributed by atoms with Gasteiger partial charge in [-0.15, -0.1) is 0 Å². The largest absolute Gasteiger partial charge is 0.361 e. The lowest BCUT2D eigenvalue weighted by Gasteiger charge is -2.14. The Morgan fingerprint density at radius 3 is 2.75 bits per heavy atom. The van der Waals surface area contributed by atoms with Gasteiger partial charge in [0.2, 0.25) is 0 Å². The van der Waals surface area contributed by atoms with Crippen molar-refractivity contribution in [2.45, 2.75) is 19.8 Å². The second-order valence-corrected chi connectivity index (χ2v) is 5.23. The van der Waals surface area contributed by atoms with E-state index in [4.69, 9.17) is 0 Å². The van der Waals surface area contributed by atoms with Crippen LogP contribution in [0.15, 0.2) is 55.4 Å². The summed E-state index contributed by atoms with van der Waals surface area (Å²) >= 11 is 0. The van der Waals surface area contributed by atoms with Gasteiger partial charge >= 0.3 is 0 Å². The fourth-order valence-electron chi connectivity index (χ4n) is 2.51. The van der Waals surface area contributed by atoms with Crippen LogP contribution in [0.1, 0.15) is 29.7 Å². The molecule has 0 saturated heterocycles. The van der Waals surface area contributed by atoms with E-state index in [0.29, 0.717) is 0 Å². The molecular formula is C18H18N2. The number of pyridine rings is 1. The van der Waals surface area contributed by atoms with E-state index in [1.807, 2.05) is 31.5 Å². The average molecular weight is 262 g/mol. The molecule has 0 amide bonds. The fourth-order valence-corrected chi connectivity index (χ4v) is 2.51. The summed E-state index contributed by atoms with van der Waals surface area (Å²) in [6, 6.07) is 12.5. The molecule has 3 aromatic rings. The van der Waals surface area contributed by atoms with Crippen LogP contribution in [0.5, 0.6) is 0 Å². The van der Waals surface area contributed by atoms with Crippen molar-refractivity contribution in [1.82, 2.24) is 9.97 Å². The quantitative estimate of drug-likeness (QED) is 0.729. The van der Waals surface area contributed by atoms with Crippen molar-refractivity contribution in [3.8, 4) is 0 Å². The van der Waals surface area contributed by atoms with Crippen LogP contribution in [0.2, 0.25) is 0 Å². The molecule has 1 unspecified atom stereocenters. The Hall–Kier alpha value is -2.35. The number of hydrogen-bond donors (Lipinski definition) is 1. The smallest absolute Gasteiger partial charge is 0.0460 e. The summed E-state index contributed by atoms with van der Waals surface area (Å²) in [4.78, 5) is 7.69. The third-order valence-electron chi connectivity index (χ3n) is 3.89. The van der Waals surface area contributed by atoms with Gasteiger partial charge < -0.3 is 4.98 Å².